The second kappa shape index (κ2) is 8.43. The first-order chi connectivity index (χ1) is 12.9. The van der Waals surface area contributed by atoms with Gasteiger partial charge in [-0.25, -0.2) is 8.42 Å². The SMILES string of the molecule is CCN(C(=O)CCN1CCN(C(=O)c2ccco2)CC1)C1CCS(=O)(=O)C1. The molecule has 0 saturated carbocycles. The predicted octanol–water partition coefficient (Wildman–Crippen LogP) is 0.463. The molecule has 150 valence electrons. The van der Waals surface area contributed by atoms with Crippen molar-refractivity contribution in [1.82, 2.24) is 14.7 Å². The van der Waals surface area contributed by atoms with E-state index in [-0.39, 0.29) is 29.4 Å². The maximum atomic E-state index is 12.6. The first kappa shape index (κ1) is 19.9. The van der Waals surface area contributed by atoms with Gasteiger partial charge < -0.3 is 14.2 Å². The van der Waals surface area contributed by atoms with Crippen molar-refractivity contribution in [1.29, 1.82) is 0 Å². The van der Waals surface area contributed by atoms with Crippen LogP contribution in [0.5, 0.6) is 0 Å². The van der Waals surface area contributed by atoms with Crippen molar-refractivity contribution in [2.45, 2.75) is 25.8 Å². The highest BCUT2D eigenvalue weighted by Gasteiger charge is 2.34. The van der Waals surface area contributed by atoms with Crippen molar-refractivity contribution in [3.8, 4) is 0 Å². The molecule has 8 nitrogen and oxygen atoms in total. The molecule has 2 aliphatic heterocycles. The van der Waals surface area contributed by atoms with E-state index in [9.17, 15) is 18.0 Å². The Labute approximate surface area is 160 Å². The molecule has 1 aromatic heterocycles. The van der Waals surface area contributed by atoms with E-state index in [0.717, 1.165) is 0 Å². The molecule has 1 atom stereocenters. The third-order valence-electron chi connectivity index (χ3n) is 5.34. The highest BCUT2D eigenvalue weighted by atomic mass is 32.2. The van der Waals surface area contributed by atoms with E-state index in [4.69, 9.17) is 4.42 Å². The molecule has 2 amide bonds. The molecule has 0 N–H and O–H groups in total. The normalized spacial score (nSPS) is 22.7. The molecule has 2 saturated heterocycles. The van der Waals surface area contributed by atoms with Crippen LogP contribution in [0.15, 0.2) is 22.8 Å². The average Bonchev–Trinajstić information content (AvgIpc) is 3.30. The number of carbonyl (C=O) groups excluding carboxylic acids is 2. The Morgan fingerprint density at radius 2 is 2.00 bits per heavy atom. The lowest BCUT2D eigenvalue weighted by molar-refractivity contribution is -0.133. The van der Waals surface area contributed by atoms with Crippen molar-refractivity contribution in [3.63, 3.8) is 0 Å². The molecule has 0 spiro atoms. The number of hydrogen-bond donors (Lipinski definition) is 0. The van der Waals surface area contributed by atoms with Gasteiger partial charge >= 0.3 is 0 Å². The largest absolute Gasteiger partial charge is 0.459 e. The van der Waals surface area contributed by atoms with E-state index in [0.29, 0.717) is 57.9 Å². The summed E-state index contributed by atoms with van der Waals surface area (Å²) in [6.07, 6.45) is 2.40. The maximum Gasteiger partial charge on any atom is 0.289 e. The topological polar surface area (TPSA) is 91.1 Å². The summed E-state index contributed by atoms with van der Waals surface area (Å²) in [5.41, 5.74) is 0. The predicted molar refractivity (Wildman–Crippen MR) is 100 cm³/mol. The molecule has 0 bridgehead atoms. The van der Waals surface area contributed by atoms with Crippen LogP contribution in [0.25, 0.3) is 0 Å². The molecular formula is C18H27N3O5S. The standard InChI is InChI=1S/C18H27N3O5S/c1-2-21(15-6-13-27(24,25)14-15)17(22)5-7-19-8-10-20(11-9-19)18(23)16-4-3-12-26-16/h3-4,12,15H,2,5-11,13-14H2,1H3. The molecule has 0 radical (unpaired) electrons. The van der Waals surface area contributed by atoms with Crippen molar-refractivity contribution >= 4 is 21.7 Å². The summed E-state index contributed by atoms with van der Waals surface area (Å²) in [6.45, 7) is 5.68. The molecule has 2 aliphatic rings. The number of nitrogens with zero attached hydrogens (tertiary/aromatic N) is 3. The molecule has 2 fully saturated rings. The Kier molecular flexibility index (Phi) is 6.21. The lowest BCUT2D eigenvalue weighted by atomic mass is 10.2. The molecule has 0 aromatic carbocycles. The van der Waals surface area contributed by atoms with Crippen LogP contribution in [-0.2, 0) is 14.6 Å². The molecule has 1 aromatic rings. The smallest absolute Gasteiger partial charge is 0.289 e. The fraction of sp³-hybridized carbons (Fsp3) is 0.667. The van der Waals surface area contributed by atoms with Crippen molar-refractivity contribution in [2.24, 2.45) is 0 Å². The second-order valence-corrected chi connectivity index (χ2v) is 9.33. The summed E-state index contributed by atoms with van der Waals surface area (Å²) in [4.78, 5) is 30.5. The highest BCUT2D eigenvalue weighted by molar-refractivity contribution is 7.91. The molecule has 1 unspecified atom stereocenters. The Bertz CT molecular complexity index is 754. The van der Waals surface area contributed by atoms with E-state index in [1.807, 2.05) is 6.92 Å². The van der Waals surface area contributed by atoms with E-state index in [1.165, 1.54) is 6.26 Å². The number of hydrogen-bond acceptors (Lipinski definition) is 6. The summed E-state index contributed by atoms with van der Waals surface area (Å²) in [5, 5.41) is 0. The lowest BCUT2D eigenvalue weighted by Gasteiger charge is -2.35. The van der Waals surface area contributed by atoms with Gasteiger partial charge in [-0.1, -0.05) is 0 Å². The highest BCUT2D eigenvalue weighted by Crippen LogP contribution is 2.18. The van der Waals surface area contributed by atoms with E-state index < -0.39 is 9.84 Å². The molecule has 27 heavy (non-hydrogen) atoms. The fourth-order valence-electron chi connectivity index (χ4n) is 3.79. The lowest BCUT2D eigenvalue weighted by Crippen LogP contribution is -2.49. The first-order valence-electron chi connectivity index (χ1n) is 9.44. The molecular weight excluding hydrogens is 370 g/mol. The quantitative estimate of drug-likeness (QED) is 0.693. The Balaban J connectivity index is 1.44. The zero-order valence-corrected chi connectivity index (χ0v) is 16.5. The summed E-state index contributed by atoms with van der Waals surface area (Å²) in [6, 6.07) is 3.18. The zero-order chi connectivity index (χ0) is 19.4. The summed E-state index contributed by atoms with van der Waals surface area (Å²) < 4.78 is 28.5. The number of amides is 2. The maximum absolute atomic E-state index is 12.6. The minimum atomic E-state index is -3.00. The van der Waals surface area contributed by atoms with Gasteiger partial charge in [0.2, 0.25) is 5.91 Å². The van der Waals surface area contributed by atoms with Crippen LogP contribution in [0, 0.1) is 0 Å². The van der Waals surface area contributed by atoms with Crippen LogP contribution in [0.4, 0.5) is 0 Å². The van der Waals surface area contributed by atoms with Gasteiger partial charge in [0, 0.05) is 51.7 Å². The molecule has 0 aliphatic carbocycles. The van der Waals surface area contributed by atoms with Crippen molar-refractivity contribution < 1.29 is 22.4 Å². The second-order valence-electron chi connectivity index (χ2n) is 7.10. The number of rotatable bonds is 6. The Hall–Kier alpha value is -1.87. The van der Waals surface area contributed by atoms with Crippen LogP contribution in [0.1, 0.15) is 30.3 Å². The van der Waals surface area contributed by atoms with Gasteiger partial charge in [-0.05, 0) is 25.5 Å². The number of sulfone groups is 1. The van der Waals surface area contributed by atoms with Gasteiger partial charge in [-0.2, -0.15) is 0 Å². The summed E-state index contributed by atoms with van der Waals surface area (Å²) in [7, 11) is -3.00. The van der Waals surface area contributed by atoms with E-state index in [1.54, 1.807) is 21.9 Å². The third kappa shape index (κ3) is 4.90. The molecule has 3 rings (SSSR count). The van der Waals surface area contributed by atoms with Gasteiger partial charge in [0.15, 0.2) is 15.6 Å². The van der Waals surface area contributed by atoms with Crippen LogP contribution in [0.3, 0.4) is 0 Å². The van der Waals surface area contributed by atoms with Gasteiger partial charge in [0.05, 0.1) is 17.8 Å². The summed E-state index contributed by atoms with van der Waals surface area (Å²) in [5.74, 6) is 0.514. The minimum absolute atomic E-state index is 0.00805. The number of carbonyl (C=O) groups is 2. The molecule has 3 heterocycles. The Morgan fingerprint density at radius 1 is 1.26 bits per heavy atom. The van der Waals surface area contributed by atoms with E-state index >= 15 is 0 Å². The van der Waals surface area contributed by atoms with Gasteiger partial charge in [0.25, 0.3) is 5.91 Å². The summed E-state index contributed by atoms with van der Waals surface area (Å²) >= 11 is 0. The van der Waals surface area contributed by atoms with Crippen LogP contribution in [-0.4, -0.2) is 91.7 Å². The van der Waals surface area contributed by atoms with Gasteiger partial charge in [-0.3, -0.25) is 14.5 Å². The minimum Gasteiger partial charge on any atom is -0.459 e. The average molecular weight is 397 g/mol. The fourth-order valence-corrected chi connectivity index (χ4v) is 5.52. The number of furan rings is 1. The van der Waals surface area contributed by atoms with Gasteiger partial charge in [-0.15, -0.1) is 0 Å². The van der Waals surface area contributed by atoms with E-state index in [2.05, 4.69) is 4.90 Å². The van der Waals surface area contributed by atoms with Crippen molar-refractivity contribution in [2.75, 3.05) is 50.8 Å². The number of piperazine rings is 1. The van der Waals surface area contributed by atoms with Crippen LogP contribution in [0.2, 0.25) is 0 Å². The van der Waals surface area contributed by atoms with Crippen LogP contribution < -0.4 is 0 Å². The molecule has 9 heteroatoms. The first-order valence-corrected chi connectivity index (χ1v) is 11.3. The monoisotopic (exact) mass is 397 g/mol. The third-order valence-corrected chi connectivity index (χ3v) is 7.09. The Morgan fingerprint density at radius 3 is 2.56 bits per heavy atom. The van der Waals surface area contributed by atoms with Crippen LogP contribution >= 0.6 is 0 Å². The van der Waals surface area contributed by atoms with Crippen molar-refractivity contribution in [3.05, 3.63) is 24.2 Å². The van der Waals surface area contributed by atoms with Gasteiger partial charge in [0.1, 0.15) is 0 Å². The zero-order valence-electron chi connectivity index (χ0n) is 15.7.